The molecule has 0 aliphatic heterocycles. The predicted octanol–water partition coefficient (Wildman–Crippen LogP) is 2.63. The molecule has 0 radical (unpaired) electrons. The first-order chi connectivity index (χ1) is 7.51. The van der Waals surface area contributed by atoms with E-state index in [2.05, 4.69) is 6.92 Å². The monoisotopic (exact) mass is 227 g/mol. The van der Waals surface area contributed by atoms with Crippen molar-refractivity contribution in [2.45, 2.75) is 70.9 Å². The Morgan fingerprint density at radius 2 is 2.00 bits per heavy atom. The zero-order chi connectivity index (χ0) is 12.2. The van der Waals surface area contributed by atoms with Crippen molar-refractivity contribution in [1.82, 2.24) is 0 Å². The first-order valence-corrected chi connectivity index (χ1v) is 6.51. The van der Waals surface area contributed by atoms with E-state index >= 15 is 0 Å². The highest BCUT2D eigenvalue weighted by Crippen LogP contribution is 2.27. The zero-order valence-corrected chi connectivity index (χ0v) is 10.8. The van der Waals surface area contributed by atoms with E-state index in [0.29, 0.717) is 18.8 Å². The third-order valence-electron chi connectivity index (χ3n) is 3.83. The normalized spacial score (nSPS) is 26.5. The summed E-state index contributed by atoms with van der Waals surface area (Å²) in [6.07, 6.45) is 5.79. The Balaban J connectivity index is 2.50. The lowest BCUT2D eigenvalue weighted by Crippen LogP contribution is -2.49. The maximum atomic E-state index is 12.0. The molecule has 0 aromatic carbocycles. The highest BCUT2D eigenvalue weighted by Gasteiger charge is 2.34. The molecule has 1 saturated carbocycles. The van der Waals surface area contributed by atoms with Crippen molar-refractivity contribution >= 4 is 5.97 Å². The van der Waals surface area contributed by atoms with Crippen molar-refractivity contribution in [2.24, 2.45) is 11.7 Å². The van der Waals surface area contributed by atoms with E-state index in [1.165, 1.54) is 6.42 Å². The number of carbonyl (C=O) groups excluding carboxylic acids is 1. The van der Waals surface area contributed by atoms with Crippen LogP contribution in [0.15, 0.2) is 0 Å². The van der Waals surface area contributed by atoms with E-state index in [1.54, 1.807) is 0 Å². The van der Waals surface area contributed by atoms with Crippen molar-refractivity contribution in [2.75, 3.05) is 0 Å². The highest BCUT2D eigenvalue weighted by molar-refractivity contribution is 5.80. The number of rotatable bonds is 4. The summed E-state index contributed by atoms with van der Waals surface area (Å²) in [6.45, 7) is 6.10. The lowest BCUT2D eigenvalue weighted by atomic mass is 9.88. The second-order valence-electron chi connectivity index (χ2n) is 5.16. The van der Waals surface area contributed by atoms with E-state index in [9.17, 15) is 4.79 Å². The molecular weight excluding hydrogens is 202 g/mol. The number of hydrogen-bond donors (Lipinski definition) is 1. The van der Waals surface area contributed by atoms with Gasteiger partial charge in [-0.05, 0) is 38.0 Å². The summed E-state index contributed by atoms with van der Waals surface area (Å²) in [7, 11) is 0. The molecule has 0 aromatic heterocycles. The van der Waals surface area contributed by atoms with E-state index in [-0.39, 0.29) is 12.1 Å². The summed E-state index contributed by atoms with van der Waals surface area (Å²) in [5.74, 6) is 0.457. The van der Waals surface area contributed by atoms with Gasteiger partial charge in [0, 0.05) is 0 Å². The molecule has 1 aliphatic rings. The lowest BCUT2D eigenvalue weighted by molar-refractivity contribution is -0.158. The van der Waals surface area contributed by atoms with Crippen molar-refractivity contribution in [3.05, 3.63) is 0 Å². The first kappa shape index (κ1) is 13.5. The average Bonchev–Trinajstić information content (AvgIpc) is 2.28. The van der Waals surface area contributed by atoms with Crippen LogP contribution in [0.2, 0.25) is 0 Å². The van der Waals surface area contributed by atoms with Crippen LogP contribution in [0.25, 0.3) is 0 Å². The quantitative estimate of drug-likeness (QED) is 0.751. The van der Waals surface area contributed by atoms with Crippen LogP contribution in [0, 0.1) is 5.92 Å². The van der Waals surface area contributed by atoms with E-state index < -0.39 is 5.54 Å². The van der Waals surface area contributed by atoms with E-state index in [1.807, 2.05) is 13.8 Å². The van der Waals surface area contributed by atoms with Crippen LogP contribution < -0.4 is 5.73 Å². The Hall–Kier alpha value is -0.570. The molecule has 1 fully saturated rings. The van der Waals surface area contributed by atoms with Crippen LogP contribution >= 0.6 is 0 Å². The Morgan fingerprint density at radius 1 is 1.38 bits per heavy atom. The second-order valence-corrected chi connectivity index (χ2v) is 5.16. The van der Waals surface area contributed by atoms with Gasteiger partial charge in [-0.2, -0.15) is 0 Å². The molecule has 3 nitrogen and oxygen atoms in total. The van der Waals surface area contributed by atoms with Gasteiger partial charge < -0.3 is 10.5 Å². The molecule has 0 heterocycles. The van der Waals surface area contributed by atoms with Crippen LogP contribution in [0.5, 0.6) is 0 Å². The van der Waals surface area contributed by atoms with Gasteiger partial charge in [0.25, 0.3) is 0 Å². The molecule has 2 atom stereocenters. The molecular formula is C13H25NO2. The van der Waals surface area contributed by atoms with Gasteiger partial charge in [0.1, 0.15) is 11.6 Å². The van der Waals surface area contributed by atoms with Gasteiger partial charge in [0.15, 0.2) is 0 Å². The van der Waals surface area contributed by atoms with E-state index in [0.717, 1.165) is 19.3 Å². The Labute approximate surface area is 98.7 Å². The van der Waals surface area contributed by atoms with Crippen LogP contribution in [-0.4, -0.2) is 17.6 Å². The minimum atomic E-state index is -0.777. The predicted molar refractivity (Wildman–Crippen MR) is 65.0 cm³/mol. The fourth-order valence-corrected chi connectivity index (χ4v) is 2.29. The molecule has 1 aliphatic carbocycles. The minimum absolute atomic E-state index is 0.0947. The third kappa shape index (κ3) is 3.21. The number of ether oxygens (including phenoxy) is 1. The standard InChI is InChI=1S/C13H25NO2/c1-4-13(14,5-2)12(15)16-11-8-6-7-10(3)9-11/h10-11H,4-9,14H2,1-3H3. The van der Waals surface area contributed by atoms with Gasteiger partial charge in [-0.3, -0.25) is 4.79 Å². The van der Waals surface area contributed by atoms with Crippen LogP contribution in [0.3, 0.4) is 0 Å². The van der Waals surface area contributed by atoms with Crippen molar-refractivity contribution in [1.29, 1.82) is 0 Å². The van der Waals surface area contributed by atoms with Crippen LogP contribution in [0.1, 0.15) is 59.3 Å². The van der Waals surface area contributed by atoms with Gasteiger partial charge in [-0.1, -0.05) is 27.2 Å². The maximum Gasteiger partial charge on any atom is 0.326 e. The summed E-state index contributed by atoms with van der Waals surface area (Å²) in [4.78, 5) is 12.0. The molecule has 1 rings (SSSR count). The van der Waals surface area contributed by atoms with E-state index in [4.69, 9.17) is 10.5 Å². The number of esters is 1. The maximum absolute atomic E-state index is 12.0. The molecule has 2 unspecified atom stereocenters. The number of hydrogen-bond acceptors (Lipinski definition) is 3. The summed E-state index contributed by atoms with van der Waals surface area (Å²) >= 11 is 0. The fraction of sp³-hybridized carbons (Fsp3) is 0.923. The molecule has 3 heteroatoms. The van der Waals surface area contributed by atoms with Crippen molar-refractivity contribution < 1.29 is 9.53 Å². The van der Waals surface area contributed by atoms with Crippen molar-refractivity contribution in [3.63, 3.8) is 0 Å². The number of nitrogens with two attached hydrogens (primary N) is 1. The number of carbonyl (C=O) groups is 1. The van der Waals surface area contributed by atoms with Crippen LogP contribution in [-0.2, 0) is 9.53 Å². The Morgan fingerprint density at radius 3 is 2.50 bits per heavy atom. The molecule has 0 amide bonds. The van der Waals surface area contributed by atoms with Crippen molar-refractivity contribution in [3.8, 4) is 0 Å². The lowest BCUT2D eigenvalue weighted by Gasteiger charge is -2.31. The molecule has 0 aromatic rings. The molecule has 0 saturated heterocycles. The summed E-state index contributed by atoms with van der Waals surface area (Å²) < 4.78 is 5.54. The van der Waals surface area contributed by atoms with Gasteiger partial charge >= 0.3 is 5.97 Å². The third-order valence-corrected chi connectivity index (χ3v) is 3.83. The van der Waals surface area contributed by atoms with Gasteiger partial charge in [-0.25, -0.2) is 0 Å². The second kappa shape index (κ2) is 5.67. The van der Waals surface area contributed by atoms with Gasteiger partial charge in [0.05, 0.1) is 0 Å². The average molecular weight is 227 g/mol. The molecule has 0 spiro atoms. The fourth-order valence-electron chi connectivity index (χ4n) is 2.29. The van der Waals surface area contributed by atoms with Gasteiger partial charge in [0.2, 0.25) is 0 Å². The highest BCUT2D eigenvalue weighted by atomic mass is 16.5. The largest absolute Gasteiger partial charge is 0.461 e. The Kier molecular flexibility index (Phi) is 4.78. The zero-order valence-electron chi connectivity index (χ0n) is 10.8. The molecule has 0 bridgehead atoms. The first-order valence-electron chi connectivity index (χ1n) is 6.51. The van der Waals surface area contributed by atoms with Crippen LogP contribution in [0.4, 0.5) is 0 Å². The molecule has 16 heavy (non-hydrogen) atoms. The summed E-state index contributed by atoms with van der Waals surface area (Å²) in [5.41, 5.74) is 5.24. The molecule has 94 valence electrons. The summed E-state index contributed by atoms with van der Waals surface area (Å²) in [5, 5.41) is 0. The Bertz CT molecular complexity index is 236. The van der Waals surface area contributed by atoms with Gasteiger partial charge in [-0.15, -0.1) is 0 Å². The smallest absolute Gasteiger partial charge is 0.326 e. The SMILES string of the molecule is CCC(N)(CC)C(=O)OC1CCCC(C)C1. The topological polar surface area (TPSA) is 52.3 Å². The minimum Gasteiger partial charge on any atom is -0.461 e. The molecule has 2 N–H and O–H groups in total. The summed E-state index contributed by atoms with van der Waals surface area (Å²) in [6, 6.07) is 0.